The summed E-state index contributed by atoms with van der Waals surface area (Å²) >= 11 is 1.73. The highest BCUT2D eigenvalue weighted by atomic mass is 32.1. The van der Waals surface area contributed by atoms with Crippen LogP contribution in [0, 0.1) is 0 Å². The van der Waals surface area contributed by atoms with Gasteiger partial charge in [0.25, 0.3) is 5.91 Å². The standard InChI is InChI=1S/C17H22N2O2S/c1-4-19(12-14-8-7-11-22-14)13(2)17(20)18-15-9-5-6-10-16(15)21-3/h5-11,13H,4,12H2,1-3H3,(H,18,20)/p+1/t13-/m1/s1. The number of anilines is 1. The molecule has 0 spiro atoms. The van der Waals surface area contributed by atoms with E-state index in [9.17, 15) is 4.79 Å². The van der Waals surface area contributed by atoms with Crippen molar-refractivity contribution in [2.75, 3.05) is 19.0 Å². The highest BCUT2D eigenvalue weighted by Gasteiger charge is 2.25. The van der Waals surface area contributed by atoms with Crippen molar-refractivity contribution < 1.29 is 14.4 Å². The lowest BCUT2D eigenvalue weighted by Crippen LogP contribution is -3.15. The van der Waals surface area contributed by atoms with E-state index in [4.69, 9.17) is 4.74 Å². The minimum Gasteiger partial charge on any atom is -0.495 e. The third-order valence-electron chi connectivity index (χ3n) is 3.81. The van der Waals surface area contributed by atoms with Crippen LogP contribution in [0.3, 0.4) is 0 Å². The van der Waals surface area contributed by atoms with Gasteiger partial charge in [-0.2, -0.15) is 0 Å². The molecule has 1 heterocycles. The molecule has 1 unspecified atom stereocenters. The number of thiophene rings is 1. The summed E-state index contributed by atoms with van der Waals surface area (Å²) in [7, 11) is 1.61. The first-order valence-corrected chi connectivity index (χ1v) is 8.34. The molecule has 0 radical (unpaired) electrons. The van der Waals surface area contributed by atoms with Gasteiger partial charge in [-0.1, -0.05) is 18.2 Å². The van der Waals surface area contributed by atoms with Crippen LogP contribution in [0.25, 0.3) is 0 Å². The number of amides is 1. The van der Waals surface area contributed by atoms with E-state index in [0.717, 1.165) is 13.1 Å². The van der Waals surface area contributed by atoms with Gasteiger partial charge in [-0.05, 0) is 37.4 Å². The molecule has 0 saturated carbocycles. The third-order valence-corrected chi connectivity index (χ3v) is 4.68. The summed E-state index contributed by atoms with van der Waals surface area (Å²) in [4.78, 5) is 15.1. The molecule has 0 fully saturated rings. The molecule has 4 nitrogen and oxygen atoms in total. The molecule has 2 rings (SSSR count). The van der Waals surface area contributed by atoms with E-state index in [1.807, 2.05) is 37.3 Å². The van der Waals surface area contributed by atoms with Crippen LogP contribution in [0.4, 0.5) is 5.69 Å². The summed E-state index contributed by atoms with van der Waals surface area (Å²) < 4.78 is 5.28. The zero-order valence-electron chi connectivity index (χ0n) is 13.3. The molecule has 2 aromatic rings. The molecule has 22 heavy (non-hydrogen) atoms. The minimum atomic E-state index is -0.128. The quantitative estimate of drug-likeness (QED) is 0.821. The molecule has 1 amide bonds. The zero-order valence-corrected chi connectivity index (χ0v) is 14.1. The zero-order chi connectivity index (χ0) is 15.9. The van der Waals surface area contributed by atoms with Gasteiger partial charge in [-0.3, -0.25) is 4.79 Å². The second-order valence-electron chi connectivity index (χ2n) is 5.18. The van der Waals surface area contributed by atoms with Crippen molar-refractivity contribution in [3.8, 4) is 5.75 Å². The Morgan fingerprint density at radius 3 is 2.73 bits per heavy atom. The maximum atomic E-state index is 12.5. The SMILES string of the molecule is CC[NH+](Cc1cccs1)[C@H](C)C(=O)Nc1ccccc1OC. The first-order valence-electron chi connectivity index (χ1n) is 7.46. The van der Waals surface area contributed by atoms with E-state index in [2.05, 4.69) is 23.7 Å². The molecule has 2 N–H and O–H groups in total. The number of hydrogen-bond acceptors (Lipinski definition) is 3. The van der Waals surface area contributed by atoms with Gasteiger partial charge in [0.2, 0.25) is 0 Å². The maximum absolute atomic E-state index is 12.5. The van der Waals surface area contributed by atoms with Crippen LogP contribution in [0.1, 0.15) is 18.7 Å². The van der Waals surface area contributed by atoms with E-state index in [-0.39, 0.29) is 11.9 Å². The number of quaternary nitrogens is 1. The number of ether oxygens (including phenoxy) is 1. The summed E-state index contributed by atoms with van der Waals surface area (Å²) in [5.74, 6) is 0.692. The van der Waals surface area contributed by atoms with Crippen molar-refractivity contribution in [1.82, 2.24) is 0 Å². The second-order valence-corrected chi connectivity index (χ2v) is 6.21. The first-order chi connectivity index (χ1) is 10.7. The molecule has 0 aliphatic carbocycles. The Labute approximate surface area is 135 Å². The molecule has 5 heteroatoms. The molecule has 1 aromatic carbocycles. The Kier molecular flexibility index (Phi) is 5.98. The summed E-state index contributed by atoms with van der Waals surface area (Å²) in [6.45, 7) is 5.85. The normalized spacial score (nSPS) is 13.4. The van der Waals surface area contributed by atoms with Crippen LogP contribution in [0.2, 0.25) is 0 Å². The second kappa shape index (κ2) is 7.96. The molecule has 1 aromatic heterocycles. The van der Waals surface area contributed by atoms with Crippen molar-refractivity contribution in [2.45, 2.75) is 26.4 Å². The van der Waals surface area contributed by atoms with Crippen molar-refractivity contribution >= 4 is 22.9 Å². The van der Waals surface area contributed by atoms with Gasteiger partial charge < -0.3 is 15.0 Å². The fourth-order valence-electron chi connectivity index (χ4n) is 2.40. The highest BCUT2D eigenvalue weighted by molar-refractivity contribution is 7.09. The van der Waals surface area contributed by atoms with Crippen LogP contribution < -0.4 is 15.0 Å². The van der Waals surface area contributed by atoms with Gasteiger partial charge in [0.1, 0.15) is 12.3 Å². The van der Waals surface area contributed by atoms with E-state index in [1.54, 1.807) is 18.4 Å². The van der Waals surface area contributed by atoms with Crippen molar-refractivity contribution in [3.63, 3.8) is 0 Å². The Morgan fingerprint density at radius 1 is 1.32 bits per heavy atom. The number of carbonyl (C=O) groups is 1. The molecule has 2 atom stereocenters. The number of nitrogens with one attached hydrogen (secondary N) is 2. The predicted octanol–water partition coefficient (Wildman–Crippen LogP) is 2.19. The molecule has 0 aliphatic rings. The van der Waals surface area contributed by atoms with Crippen LogP contribution >= 0.6 is 11.3 Å². The van der Waals surface area contributed by atoms with Gasteiger partial charge in [0, 0.05) is 0 Å². The van der Waals surface area contributed by atoms with Crippen LogP contribution in [0.15, 0.2) is 41.8 Å². The van der Waals surface area contributed by atoms with E-state index in [1.165, 1.54) is 9.78 Å². The van der Waals surface area contributed by atoms with Gasteiger partial charge >= 0.3 is 0 Å². The fourth-order valence-corrected chi connectivity index (χ4v) is 3.15. The Hall–Kier alpha value is -1.85. The first kappa shape index (κ1) is 16.5. The summed E-state index contributed by atoms with van der Waals surface area (Å²) in [6.07, 6.45) is 0. The number of methoxy groups -OCH3 is 1. The molecular weight excluding hydrogens is 296 g/mol. The number of likely N-dealkylation sites (N-methyl/N-ethyl adjacent to an activating group) is 1. The predicted molar refractivity (Wildman–Crippen MR) is 90.6 cm³/mol. The highest BCUT2D eigenvalue weighted by Crippen LogP contribution is 2.22. The van der Waals surface area contributed by atoms with Gasteiger partial charge in [0.05, 0.1) is 24.2 Å². The molecule has 118 valence electrons. The largest absolute Gasteiger partial charge is 0.495 e. The number of para-hydroxylation sites is 2. The Bertz CT molecular complexity index is 598. The summed E-state index contributed by atoms with van der Waals surface area (Å²) in [5, 5.41) is 5.05. The maximum Gasteiger partial charge on any atom is 0.282 e. The minimum absolute atomic E-state index is 0.0120. The number of rotatable bonds is 7. The van der Waals surface area contributed by atoms with Crippen LogP contribution in [0.5, 0.6) is 5.75 Å². The van der Waals surface area contributed by atoms with Crippen molar-refractivity contribution in [1.29, 1.82) is 0 Å². The van der Waals surface area contributed by atoms with Crippen LogP contribution in [-0.4, -0.2) is 25.6 Å². The fraction of sp³-hybridized carbons (Fsp3) is 0.353. The molecule has 0 saturated heterocycles. The molecular formula is C17H23N2O2S+. The van der Waals surface area contributed by atoms with Crippen molar-refractivity contribution in [2.24, 2.45) is 0 Å². The summed E-state index contributed by atoms with van der Waals surface area (Å²) in [6, 6.07) is 11.5. The molecule has 0 bridgehead atoms. The van der Waals surface area contributed by atoms with E-state index >= 15 is 0 Å². The van der Waals surface area contributed by atoms with Crippen molar-refractivity contribution in [3.05, 3.63) is 46.7 Å². The van der Waals surface area contributed by atoms with Crippen LogP contribution in [-0.2, 0) is 11.3 Å². The number of hydrogen-bond donors (Lipinski definition) is 2. The Morgan fingerprint density at radius 2 is 2.09 bits per heavy atom. The molecule has 0 aliphatic heterocycles. The smallest absolute Gasteiger partial charge is 0.282 e. The lowest BCUT2D eigenvalue weighted by atomic mass is 10.2. The van der Waals surface area contributed by atoms with Gasteiger partial charge in [-0.25, -0.2) is 0 Å². The van der Waals surface area contributed by atoms with E-state index < -0.39 is 0 Å². The lowest BCUT2D eigenvalue weighted by molar-refractivity contribution is -0.925. The monoisotopic (exact) mass is 319 g/mol. The lowest BCUT2D eigenvalue weighted by Gasteiger charge is -2.23. The Balaban J connectivity index is 2.03. The third kappa shape index (κ3) is 4.08. The van der Waals surface area contributed by atoms with Gasteiger partial charge in [-0.15, -0.1) is 11.3 Å². The van der Waals surface area contributed by atoms with E-state index in [0.29, 0.717) is 11.4 Å². The number of carbonyl (C=O) groups excluding carboxylic acids is 1. The topological polar surface area (TPSA) is 42.8 Å². The summed E-state index contributed by atoms with van der Waals surface area (Å²) in [5.41, 5.74) is 0.716. The van der Waals surface area contributed by atoms with Gasteiger partial charge in [0.15, 0.2) is 6.04 Å². The average molecular weight is 319 g/mol. The average Bonchev–Trinajstić information content (AvgIpc) is 3.05. The number of benzene rings is 1.